The van der Waals surface area contributed by atoms with Crippen molar-refractivity contribution in [3.63, 3.8) is 0 Å². The van der Waals surface area contributed by atoms with E-state index in [4.69, 9.17) is 15.2 Å². The Balaban J connectivity index is 0.00000261. The van der Waals surface area contributed by atoms with Crippen LogP contribution in [0.3, 0.4) is 0 Å². The third kappa shape index (κ3) is 6.38. The van der Waals surface area contributed by atoms with E-state index in [1.54, 1.807) is 0 Å². The van der Waals surface area contributed by atoms with Crippen LogP contribution in [-0.2, 0) is 6.42 Å². The number of hydrogen-bond acceptors (Lipinski definition) is 4. The summed E-state index contributed by atoms with van der Waals surface area (Å²) < 4.78 is 50.7. The van der Waals surface area contributed by atoms with Gasteiger partial charge in [-0.15, -0.1) is 37.1 Å². The molecule has 6 nitrogen and oxygen atoms in total. The first-order valence-electron chi connectivity index (χ1n) is 7.70. The number of guanidine groups is 1. The van der Waals surface area contributed by atoms with Crippen LogP contribution in [0.25, 0.3) is 0 Å². The number of ether oxygens (including phenoxy) is 3. The molecule has 0 radical (unpaired) electrons. The van der Waals surface area contributed by atoms with E-state index in [-0.39, 0.29) is 42.5 Å². The van der Waals surface area contributed by atoms with Gasteiger partial charge in [0.1, 0.15) is 5.75 Å². The van der Waals surface area contributed by atoms with Gasteiger partial charge in [0.05, 0.1) is 0 Å². The fourth-order valence-electron chi connectivity index (χ4n) is 2.33. The average Bonchev–Trinajstić information content (AvgIpc) is 3.03. The van der Waals surface area contributed by atoms with E-state index < -0.39 is 6.36 Å². The quantitative estimate of drug-likeness (QED) is 0.374. The molecule has 1 heterocycles. The van der Waals surface area contributed by atoms with Crippen molar-refractivity contribution in [3.05, 3.63) is 48.0 Å². The minimum Gasteiger partial charge on any atom is -0.454 e. The van der Waals surface area contributed by atoms with E-state index >= 15 is 0 Å². The normalized spacial score (nSPS) is 13.1. The number of halogens is 4. The van der Waals surface area contributed by atoms with Crippen LogP contribution in [0, 0.1) is 0 Å². The molecule has 0 spiro atoms. The van der Waals surface area contributed by atoms with E-state index in [1.807, 2.05) is 18.2 Å². The monoisotopic (exact) mass is 495 g/mol. The highest BCUT2D eigenvalue weighted by Gasteiger charge is 2.30. The summed E-state index contributed by atoms with van der Waals surface area (Å²) in [6, 6.07) is 10.9. The summed E-state index contributed by atoms with van der Waals surface area (Å²) in [5, 5.41) is 2.81. The van der Waals surface area contributed by atoms with Crippen molar-refractivity contribution in [3.8, 4) is 17.2 Å². The Kier molecular flexibility index (Phi) is 6.99. The van der Waals surface area contributed by atoms with E-state index in [2.05, 4.69) is 15.0 Å². The molecule has 146 valence electrons. The maximum Gasteiger partial charge on any atom is 0.573 e. The summed E-state index contributed by atoms with van der Waals surface area (Å²) in [5.41, 5.74) is 7.31. The maximum absolute atomic E-state index is 12.1. The molecule has 0 bridgehead atoms. The Hall–Kier alpha value is -2.37. The van der Waals surface area contributed by atoms with Gasteiger partial charge in [-0.1, -0.05) is 6.07 Å². The molecule has 0 saturated heterocycles. The van der Waals surface area contributed by atoms with E-state index in [1.165, 1.54) is 24.3 Å². The second kappa shape index (κ2) is 9.02. The summed E-state index contributed by atoms with van der Waals surface area (Å²) in [5.74, 6) is 1.28. The van der Waals surface area contributed by atoms with Gasteiger partial charge in [-0.2, -0.15) is 0 Å². The third-order valence-corrected chi connectivity index (χ3v) is 3.48. The van der Waals surface area contributed by atoms with Crippen LogP contribution in [0.2, 0.25) is 0 Å². The Bertz CT molecular complexity index is 798. The van der Waals surface area contributed by atoms with Crippen LogP contribution in [0.4, 0.5) is 18.9 Å². The largest absolute Gasteiger partial charge is 0.573 e. The number of benzene rings is 2. The van der Waals surface area contributed by atoms with Crippen LogP contribution in [0.15, 0.2) is 47.5 Å². The number of fused-ring (bicyclic) bond motifs is 1. The van der Waals surface area contributed by atoms with Gasteiger partial charge >= 0.3 is 6.36 Å². The van der Waals surface area contributed by atoms with Gasteiger partial charge in [-0.25, -0.2) is 0 Å². The average molecular weight is 495 g/mol. The van der Waals surface area contributed by atoms with Crippen molar-refractivity contribution in [2.24, 2.45) is 10.7 Å². The number of anilines is 1. The molecule has 0 saturated carbocycles. The molecule has 27 heavy (non-hydrogen) atoms. The van der Waals surface area contributed by atoms with Crippen LogP contribution in [-0.4, -0.2) is 25.7 Å². The Morgan fingerprint density at radius 3 is 2.52 bits per heavy atom. The van der Waals surface area contributed by atoms with Crippen molar-refractivity contribution in [1.82, 2.24) is 0 Å². The lowest BCUT2D eigenvalue weighted by atomic mass is 10.1. The standard InChI is InChI=1S/C17H16F3N3O3.HI/c18-17(19,20)26-13-4-2-12(3-5-13)23-16(21)22-8-7-11-1-6-14-15(9-11)25-10-24-14;/h1-6,9H,7-8,10H2,(H3,21,22,23);1H. The molecular formula is C17H17F3IN3O3. The minimum absolute atomic E-state index is 0. The first-order valence-corrected chi connectivity index (χ1v) is 7.70. The van der Waals surface area contributed by atoms with Crippen molar-refractivity contribution in [2.75, 3.05) is 18.7 Å². The fraction of sp³-hybridized carbons (Fsp3) is 0.235. The molecule has 2 aromatic rings. The first-order chi connectivity index (χ1) is 12.4. The van der Waals surface area contributed by atoms with Gasteiger partial charge in [0, 0.05) is 12.2 Å². The van der Waals surface area contributed by atoms with Gasteiger partial charge in [0.2, 0.25) is 6.79 Å². The Labute approximate surface area is 170 Å². The highest BCUT2D eigenvalue weighted by molar-refractivity contribution is 14.0. The number of rotatable bonds is 5. The topological polar surface area (TPSA) is 78.1 Å². The van der Waals surface area contributed by atoms with E-state index in [0.29, 0.717) is 24.4 Å². The predicted octanol–water partition coefficient (Wildman–Crippen LogP) is 3.90. The number of hydrogen-bond donors (Lipinski definition) is 2. The number of nitrogens with zero attached hydrogens (tertiary/aromatic N) is 1. The molecule has 0 atom stereocenters. The molecule has 0 aliphatic carbocycles. The van der Waals surface area contributed by atoms with Gasteiger partial charge in [-0.05, 0) is 48.4 Å². The minimum atomic E-state index is -4.72. The van der Waals surface area contributed by atoms with Gasteiger partial charge in [-0.3, -0.25) is 4.99 Å². The summed E-state index contributed by atoms with van der Waals surface area (Å²) in [4.78, 5) is 4.19. The lowest BCUT2D eigenvalue weighted by molar-refractivity contribution is -0.274. The third-order valence-electron chi connectivity index (χ3n) is 3.48. The van der Waals surface area contributed by atoms with Crippen LogP contribution in [0.5, 0.6) is 17.2 Å². The summed E-state index contributed by atoms with van der Waals surface area (Å²) in [6.07, 6.45) is -4.07. The van der Waals surface area contributed by atoms with Crippen molar-refractivity contribution < 1.29 is 27.4 Å². The van der Waals surface area contributed by atoms with Crippen molar-refractivity contribution in [1.29, 1.82) is 0 Å². The van der Waals surface area contributed by atoms with Crippen LogP contribution < -0.4 is 25.3 Å². The molecule has 3 N–H and O–H groups in total. The smallest absolute Gasteiger partial charge is 0.454 e. The molecule has 1 aliphatic rings. The van der Waals surface area contributed by atoms with E-state index in [9.17, 15) is 13.2 Å². The fourth-order valence-corrected chi connectivity index (χ4v) is 2.33. The zero-order chi connectivity index (χ0) is 18.6. The zero-order valence-corrected chi connectivity index (χ0v) is 16.3. The second-order valence-electron chi connectivity index (χ2n) is 5.40. The maximum atomic E-state index is 12.1. The molecule has 3 rings (SSSR count). The molecule has 0 fully saturated rings. The second-order valence-corrected chi connectivity index (χ2v) is 5.40. The molecule has 2 aromatic carbocycles. The Morgan fingerprint density at radius 1 is 1.11 bits per heavy atom. The molecule has 10 heteroatoms. The Morgan fingerprint density at radius 2 is 1.81 bits per heavy atom. The van der Waals surface area contributed by atoms with Crippen LogP contribution in [0.1, 0.15) is 5.56 Å². The van der Waals surface area contributed by atoms with Gasteiger partial charge < -0.3 is 25.3 Å². The lowest BCUT2D eigenvalue weighted by Gasteiger charge is -2.10. The number of nitrogens with one attached hydrogen (secondary N) is 1. The predicted molar refractivity (Wildman–Crippen MR) is 105 cm³/mol. The number of alkyl halides is 3. The summed E-state index contributed by atoms with van der Waals surface area (Å²) >= 11 is 0. The zero-order valence-electron chi connectivity index (χ0n) is 14.0. The molecule has 0 unspecified atom stereocenters. The van der Waals surface area contributed by atoms with Crippen LogP contribution >= 0.6 is 24.0 Å². The van der Waals surface area contributed by atoms with Gasteiger partial charge in [0.25, 0.3) is 0 Å². The number of nitrogens with two attached hydrogens (primary N) is 1. The highest BCUT2D eigenvalue weighted by Crippen LogP contribution is 2.32. The summed E-state index contributed by atoms with van der Waals surface area (Å²) in [7, 11) is 0. The molecule has 1 aliphatic heterocycles. The van der Waals surface area contributed by atoms with Gasteiger partial charge in [0.15, 0.2) is 17.5 Å². The molecule has 0 aromatic heterocycles. The highest BCUT2D eigenvalue weighted by atomic mass is 127. The molecule has 0 amide bonds. The lowest BCUT2D eigenvalue weighted by Crippen LogP contribution is -2.23. The van der Waals surface area contributed by atoms with E-state index in [0.717, 1.165) is 11.3 Å². The van der Waals surface area contributed by atoms with Crippen molar-refractivity contribution >= 4 is 35.6 Å². The molecular weight excluding hydrogens is 478 g/mol. The number of aliphatic imine (C=N–C) groups is 1. The SMILES string of the molecule is I.NC(=NCCc1ccc2c(c1)OCO2)Nc1ccc(OC(F)(F)F)cc1. The van der Waals surface area contributed by atoms with Crippen molar-refractivity contribution in [2.45, 2.75) is 12.8 Å². The first kappa shape index (κ1) is 20.9. The summed E-state index contributed by atoms with van der Waals surface area (Å²) in [6.45, 7) is 0.661.